The van der Waals surface area contributed by atoms with Gasteiger partial charge in [-0.15, -0.1) is 19.7 Å². The highest BCUT2D eigenvalue weighted by Crippen LogP contribution is 2.17. The molecule has 0 aromatic heterocycles. The molecule has 1 aromatic rings. The second kappa shape index (κ2) is 17.4. The fourth-order valence-electron chi connectivity index (χ4n) is 2.92. The van der Waals surface area contributed by atoms with E-state index in [9.17, 15) is 14.4 Å². The largest absolute Gasteiger partial charge is 0.462 e. The molecule has 1 aromatic carbocycles. The third kappa shape index (κ3) is 11.3. The van der Waals surface area contributed by atoms with E-state index in [4.69, 9.17) is 14.2 Å². The predicted octanol–water partition coefficient (Wildman–Crippen LogP) is 6.23. The number of hydrogen-bond acceptors (Lipinski definition) is 6. The van der Waals surface area contributed by atoms with Crippen molar-refractivity contribution in [2.24, 2.45) is 0 Å². The fraction of sp³-hybridized carbons (Fsp3) is 0.444. The number of ether oxygens (including phenoxy) is 3. The van der Waals surface area contributed by atoms with E-state index in [0.717, 1.165) is 38.5 Å². The summed E-state index contributed by atoms with van der Waals surface area (Å²) < 4.78 is 15.9. The van der Waals surface area contributed by atoms with Crippen molar-refractivity contribution < 1.29 is 28.6 Å². The Labute approximate surface area is 197 Å². The molecule has 1 rings (SSSR count). The van der Waals surface area contributed by atoms with Crippen molar-refractivity contribution in [3.05, 3.63) is 72.9 Å². The van der Waals surface area contributed by atoms with Crippen molar-refractivity contribution in [1.82, 2.24) is 0 Å². The quantitative estimate of drug-likeness (QED) is 0.113. The second-order valence-electron chi connectivity index (χ2n) is 7.52. The van der Waals surface area contributed by atoms with Gasteiger partial charge < -0.3 is 14.2 Å². The van der Waals surface area contributed by atoms with Gasteiger partial charge >= 0.3 is 17.9 Å². The van der Waals surface area contributed by atoms with Crippen LogP contribution in [-0.2, 0) is 14.2 Å². The summed E-state index contributed by atoms with van der Waals surface area (Å²) in [5, 5.41) is 0. The molecular formula is C27H36O6. The molecule has 0 spiro atoms. The van der Waals surface area contributed by atoms with Crippen LogP contribution in [0.1, 0.15) is 88.9 Å². The second-order valence-corrected chi connectivity index (χ2v) is 7.52. The molecule has 0 saturated carbocycles. The number of hydrogen-bond donors (Lipinski definition) is 0. The van der Waals surface area contributed by atoms with Gasteiger partial charge in [-0.3, -0.25) is 0 Å². The summed E-state index contributed by atoms with van der Waals surface area (Å²) >= 11 is 0. The van der Waals surface area contributed by atoms with Crippen molar-refractivity contribution in [2.45, 2.75) is 57.8 Å². The summed E-state index contributed by atoms with van der Waals surface area (Å²) in [6.45, 7) is 11.7. The maximum atomic E-state index is 12.7. The van der Waals surface area contributed by atoms with E-state index < -0.39 is 17.9 Å². The average molecular weight is 457 g/mol. The summed E-state index contributed by atoms with van der Waals surface area (Å²) in [5.41, 5.74) is 0.244. The first kappa shape index (κ1) is 27.9. The van der Waals surface area contributed by atoms with Crippen LogP contribution in [0.25, 0.3) is 0 Å². The topological polar surface area (TPSA) is 78.9 Å². The van der Waals surface area contributed by atoms with Gasteiger partial charge in [0.25, 0.3) is 0 Å². The highest BCUT2D eigenvalue weighted by molar-refractivity contribution is 6.05. The number of carbonyl (C=O) groups is 3. The van der Waals surface area contributed by atoms with Crippen LogP contribution in [0.2, 0.25) is 0 Å². The normalized spacial score (nSPS) is 10.2. The fourth-order valence-corrected chi connectivity index (χ4v) is 2.92. The molecule has 0 unspecified atom stereocenters. The smallest absolute Gasteiger partial charge is 0.339 e. The first-order chi connectivity index (χ1) is 16.0. The summed E-state index contributed by atoms with van der Waals surface area (Å²) in [6.07, 6.45) is 12.6. The standard InChI is InChI=1S/C27H36O6/c1-4-7-10-13-18-31-25(28)22-16-17-23(26(29)32-19-14-11-8-5-2)24(21-22)27(30)33-20-15-12-9-6-3/h4-6,16-17,21H,1-3,7-15,18-20H2. The number of carbonyl (C=O) groups excluding carboxylic acids is 3. The molecule has 180 valence electrons. The molecule has 0 radical (unpaired) electrons. The van der Waals surface area contributed by atoms with Crippen LogP contribution >= 0.6 is 0 Å². The molecule has 0 atom stereocenters. The van der Waals surface area contributed by atoms with Gasteiger partial charge in [-0.25, -0.2) is 14.4 Å². The molecule has 6 nitrogen and oxygen atoms in total. The maximum absolute atomic E-state index is 12.7. The van der Waals surface area contributed by atoms with Gasteiger partial charge in [0, 0.05) is 0 Å². The summed E-state index contributed by atoms with van der Waals surface area (Å²) in [4.78, 5) is 37.7. The van der Waals surface area contributed by atoms with Crippen molar-refractivity contribution in [3.8, 4) is 0 Å². The Hall–Kier alpha value is -3.15. The third-order valence-electron chi connectivity index (χ3n) is 4.80. The Balaban J connectivity index is 2.87. The van der Waals surface area contributed by atoms with Gasteiger partial charge in [0.05, 0.1) is 36.5 Å². The Kier molecular flexibility index (Phi) is 14.7. The molecule has 6 heteroatoms. The number of benzene rings is 1. The molecular weight excluding hydrogens is 420 g/mol. The van der Waals surface area contributed by atoms with Crippen molar-refractivity contribution in [2.75, 3.05) is 19.8 Å². The summed E-state index contributed by atoms with van der Waals surface area (Å²) in [5.74, 6) is -1.86. The van der Waals surface area contributed by atoms with E-state index >= 15 is 0 Å². The molecule has 0 bridgehead atoms. The minimum Gasteiger partial charge on any atom is -0.462 e. The predicted molar refractivity (Wildman–Crippen MR) is 129 cm³/mol. The zero-order valence-electron chi connectivity index (χ0n) is 19.5. The lowest BCUT2D eigenvalue weighted by Gasteiger charge is -2.12. The van der Waals surface area contributed by atoms with Gasteiger partial charge in [0.2, 0.25) is 0 Å². The van der Waals surface area contributed by atoms with Gasteiger partial charge in [0.1, 0.15) is 0 Å². The van der Waals surface area contributed by atoms with Crippen molar-refractivity contribution in [1.29, 1.82) is 0 Å². The van der Waals surface area contributed by atoms with Gasteiger partial charge in [0.15, 0.2) is 0 Å². The van der Waals surface area contributed by atoms with Crippen LogP contribution < -0.4 is 0 Å². The maximum Gasteiger partial charge on any atom is 0.339 e. The number of unbranched alkanes of at least 4 members (excludes halogenated alkanes) is 6. The molecule has 0 aliphatic carbocycles. The zero-order valence-corrected chi connectivity index (χ0v) is 19.5. The number of rotatable bonds is 18. The lowest BCUT2D eigenvalue weighted by molar-refractivity contribution is 0.0448. The zero-order chi connectivity index (χ0) is 24.3. The molecule has 0 aliphatic heterocycles. The van der Waals surface area contributed by atoms with Crippen LogP contribution in [0.15, 0.2) is 56.2 Å². The molecule has 0 N–H and O–H groups in total. The van der Waals surface area contributed by atoms with E-state index in [1.165, 1.54) is 18.2 Å². The monoisotopic (exact) mass is 456 g/mol. The minimum absolute atomic E-state index is 0.00378. The molecule has 0 heterocycles. The minimum atomic E-state index is -0.673. The average Bonchev–Trinajstić information content (AvgIpc) is 2.82. The van der Waals surface area contributed by atoms with E-state index in [0.29, 0.717) is 19.3 Å². The van der Waals surface area contributed by atoms with Gasteiger partial charge in [-0.05, 0) is 76.0 Å². The van der Waals surface area contributed by atoms with E-state index in [-0.39, 0.29) is 36.5 Å². The van der Waals surface area contributed by atoms with E-state index in [1.54, 1.807) is 6.08 Å². The van der Waals surface area contributed by atoms with Crippen LogP contribution in [-0.4, -0.2) is 37.7 Å². The van der Waals surface area contributed by atoms with Crippen LogP contribution in [0, 0.1) is 0 Å². The molecule has 33 heavy (non-hydrogen) atoms. The molecule has 0 aliphatic rings. The van der Waals surface area contributed by atoms with Crippen molar-refractivity contribution in [3.63, 3.8) is 0 Å². The Morgan fingerprint density at radius 2 is 1.03 bits per heavy atom. The van der Waals surface area contributed by atoms with Gasteiger partial charge in [-0.1, -0.05) is 18.2 Å². The van der Waals surface area contributed by atoms with E-state index in [1.807, 2.05) is 12.2 Å². The summed E-state index contributed by atoms with van der Waals surface area (Å²) in [6, 6.07) is 4.21. The number of allylic oxidation sites excluding steroid dienone is 3. The Morgan fingerprint density at radius 3 is 1.48 bits per heavy atom. The van der Waals surface area contributed by atoms with E-state index in [2.05, 4.69) is 19.7 Å². The first-order valence-corrected chi connectivity index (χ1v) is 11.5. The molecule has 0 saturated heterocycles. The highest BCUT2D eigenvalue weighted by Gasteiger charge is 2.22. The molecule has 0 fully saturated rings. The Morgan fingerprint density at radius 1 is 0.606 bits per heavy atom. The molecule has 0 amide bonds. The van der Waals surface area contributed by atoms with Crippen LogP contribution in [0.5, 0.6) is 0 Å². The lowest BCUT2D eigenvalue weighted by atomic mass is 10.0. The Bertz CT molecular complexity index is 796. The summed E-state index contributed by atoms with van der Waals surface area (Å²) in [7, 11) is 0. The van der Waals surface area contributed by atoms with Crippen LogP contribution in [0.4, 0.5) is 0 Å². The van der Waals surface area contributed by atoms with Crippen LogP contribution in [0.3, 0.4) is 0 Å². The first-order valence-electron chi connectivity index (χ1n) is 11.5. The van der Waals surface area contributed by atoms with Crippen molar-refractivity contribution >= 4 is 17.9 Å². The highest BCUT2D eigenvalue weighted by atomic mass is 16.5. The number of esters is 3. The lowest BCUT2D eigenvalue weighted by Crippen LogP contribution is -2.17. The van der Waals surface area contributed by atoms with Gasteiger partial charge in [-0.2, -0.15) is 0 Å². The third-order valence-corrected chi connectivity index (χ3v) is 4.80. The SMILES string of the molecule is C=CCCCCOC(=O)c1ccc(C(=O)OCCCCC=C)c(C(=O)OCCCCC=C)c1.